The van der Waals surface area contributed by atoms with E-state index in [2.05, 4.69) is 112 Å². The Kier molecular flexibility index (Phi) is 12.6. The van der Waals surface area contributed by atoms with Crippen LogP contribution in [0.15, 0.2) is 16.8 Å². The molecule has 4 aliphatic carbocycles. The van der Waals surface area contributed by atoms with E-state index in [1.807, 2.05) is 6.92 Å². The predicted octanol–water partition coefficient (Wildman–Crippen LogP) is 9.72. The molecule has 4 aliphatic rings. The van der Waals surface area contributed by atoms with E-state index in [-0.39, 0.29) is 47.1 Å². The Morgan fingerprint density at radius 1 is 0.827 bits per heavy atom. The summed E-state index contributed by atoms with van der Waals surface area (Å²) in [6.07, 6.45) is 8.14. The maximum absolute atomic E-state index is 13.3. The lowest BCUT2D eigenvalue weighted by Crippen LogP contribution is -2.64. The number of hydrogen-bond acceptors (Lipinski definition) is 8. The van der Waals surface area contributed by atoms with Gasteiger partial charge in [-0.25, -0.2) is 0 Å². The molecule has 10 unspecified atom stereocenters. The zero-order chi connectivity index (χ0) is 39.7. The molecule has 2 N–H and O–H groups in total. The number of rotatable bonds is 14. The van der Waals surface area contributed by atoms with E-state index in [1.165, 1.54) is 0 Å². The second kappa shape index (κ2) is 14.7. The first-order valence-electron chi connectivity index (χ1n) is 20.3. The summed E-state index contributed by atoms with van der Waals surface area (Å²) < 4.78 is 27.4. The number of allylic oxidation sites excluding steroid dienone is 1. The summed E-state index contributed by atoms with van der Waals surface area (Å²) in [5.74, 6) is 0.157. The Bertz CT molecular complexity index is 1340. The van der Waals surface area contributed by atoms with Gasteiger partial charge in [0.05, 0.1) is 40.8 Å². The summed E-state index contributed by atoms with van der Waals surface area (Å²) in [5, 5.41) is 30.9. The molecule has 0 bridgehead atoms. The van der Waals surface area contributed by atoms with Crippen LogP contribution in [0.4, 0.5) is 0 Å². The van der Waals surface area contributed by atoms with Crippen LogP contribution in [0.2, 0.25) is 78.6 Å². The van der Waals surface area contributed by atoms with Crippen molar-refractivity contribution in [2.45, 2.75) is 200 Å². The minimum atomic E-state index is -2.04. The van der Waals surface area contributed by atoms with E-state index >= 15 is 0 Å². The molecule has 3 fully saturated rings. The molecule has 0 aromatic rings. The summed E-state index contributed by atoms with van der Waals surface area (Å²) in [4.78, 5) is 5.55. The standard InChI is InChI=1S/C40H79NO7Si4/c1-36(2,48-52(16,17)18)22-21-35(47-51(13,14)15)39(5,42)34-20-24-40(43)29-25-31(41-44-6)30-26-32(45-49(7,8)9)33(46-50(10,11)12)27-37(30,3)28(29)19-23-38(34,40)4/h25,28,30,32-35,42-43H,19-24,26-27H2,1-18H3. The Balaban J connectivity index is 1.74. The van der Waals surface area contributed by atoms with Crippen LogP contribution < -0.4 is 0 Å². The van der Waals surface area contributed by atoms with Crippen LogP contribution in [0.25, 0.3) is 0 Å². The zero-order valence-corrected chi connectivity index (χ0v) is 40.6. The molecule has 8 nitrogen and oxygen atoms in total. The van der Waals surface area contributed by atoms with Gasteiger partial charge >= 0.3 is 0 Å². The van der Waals surface area contributed by atoms with E-state index in [0.29, 0.717) is 12.8 Å². The largest absolute Gasteiger partial charge is 0.413 e. The molecule has 3 saturated carbocycles. The topological polar surface area (TPSA) is 99.0 Å². The van der Waals surface area contributed by atoms with Crippen LogP contribution in [0.3, 0.4) is 0 Å². The molecule has 0 aliphatic heterocycles. The smallest absolute Gasteiger partial charge is 0.184 e. The summed E-state index contributed by atoms with van der Waals surface area (Å²) in [6.45, 7) is 38.0. The maximum atomic E-state index is 13.3. The molecule has 0 heterocycles. The van der Waals surface area contributed by atoms with Crippen LogP contribution in [0.5, 0.6) is 0 Å². The average Bonchev–Trinajstić information content (AvgIpc) is 3.20. The second-order valence-electron chi connectivity index (χ2n) is 22.3. The first-order valence-corrected chi connectivity index (χ1v) is 33.9. The minimum absolute atomic E-state index is 0.000734. The van der Waals surface area contributed by atoms with Gasteiger partial charge < -0.3 is 32.8 Å². The maximum Gasteiger partial charge on any atom is 0.184 e. The van der Waals surface area contributed by atoms with Gasteiger partial charge in [-0.1, -0.05) is 19.0 Å². The lowest BCUT2D eigenvalue weighted by Gasteiger charge is -2.62. The van der Waals surface area contributed by atoms with Crippen molar-refractivity contribution in [1.82, 2.24) is 0 Å². The summed E-state index contributed by atoms with van der Waals surface area (Å²) in [7, 11) is -5.94. The van der Waals surface area contributed by atoms with Crippen LogP contribution in [0, 0.1) is 28.6 Å². The lowest BCUT2D eigenvalue weighted by molar-refractivity contribution is -0.167. The van der Waals surface area contributed by atoms with Gasteiger partial charge in [-0.3, -0.25) is 0 Å². The van der Waals surface area contributed by atoms with E-state index in [0.717, 1.165) is 49.8 Å². The third-order valence-electron chi connectivity index (χ3n) is 12.7. The van der Waals surface area contributed by atoms with Crippen molar-refractivity contribution in [2.75, 3.05) is 7.11 Å². The molecule has 10 atom stereocenters. The van der Waals surface area contributed by atoms with Gasteiger partial charge in [0.1, 0.15) is 7.11 Å². The Hall–Kier alpha value is -0.162. The molecular weight excluding hydrogens is 719 g/mol. The van der Waals surface area contributed by atoms with Gasteiger partial charge in [-0.2, -0.15) is 0 Å². The molecule has 0 amide bonds. The number of aliphatic hydroxyl groups is 2. The van der Waals surface area contributed by atoms with Gasteiger partial charge in [0.2, 0.25) is 0 Å². The monoisotopic (exact) mass is 797 g/mol. The van der Waals surface area contributed by atoms with Crippen molar-refractivity contribution >= 4 is 39.0 Å². The fourth-order valence-corrected chi connectivity index (χ4v) is 16.4. The predicted molar refractivity (Wildman–Crippen MR) is 225 cm³/mol. The minimum Gasteiger partial charge on any atom is -0.413 e. The number of nitrogens with zero attached hydrogens (tertiary/aromatic N) is 1. The third kappa shape index (κ3) is 9.50. The van der Waals surface area contributed by atoms with Gasteiger partial charge in [0.25, 0.3) is 0 Å². The Morgan fingerprint density at radius 2 is 1.40 bits per heavy atom. The lowest BCUT2D eigenvalue weighted by atomic mass is 9.45. The zero-order valence-electron chi connectivity index (χ0n) is 36.6. The van der Waals surface area contributed by atoms with Crippen molar-refractivity contribution in [1.29, 1.82) is 0 Å². The van der Waals surface area contributed by atoms with Crippen molar-refractivity contribution in [2.24, 2.45) is 33.7 Å². The van der Waals surface area contributed by atoms with Crippen LogP contribution in [0.1, 0.15) is 86.0 Å². The normalized spacial score (nSPS) is 37.1. The van der Waals surface area contributed by atoms with Crippen molar-refractivity contribution in [3.05, 3.63) is 11.6 Å². The van der Waals surface area contributed by atoms with E-state index < -0.39 is 49.9 Å². The number of fused-ring (bicyclic) bond motifs is 5. The second-order valence-corrected chi connectivity index (χ2v) is 40.1. The van der Waals surface area contributed by atoms with Gasteiger partial charge in [-0.05, 0) is 180 Å². The molecular formula is C40H79NO7Si4. The average molecular weight is 798 g/mol. The molecule has 0 aromatic heterocycles. The van der Waals surface area contributed by atoms with Crippen LogP contribution in [-0.2, 0) is 22.5 Å². The molecule has 4 rings (SSSR count). The number of hydrogen-bond donors (Lipinski definition) is 2. The summed E-state index contributed by atoms with van der Waals surface area (Å²) in [6, 6.07) is 0. The third-order valence-corrected chi connectivity index (χ3v) is 16.9. The van der Waals surface area contributed by atoms with Crippen LogP contribution >= 0.6 is 0 Å². The van der Waals surface area contributed by atoms with Crippen molar-refractivity contribution in [3.63, 3.8) is 0 Å². The van der Waals surface area contributed by atoms with Gasteiger partial charge in [0.15, 0.2) is 33.3 Å². The van der Waals surface area contributed by atoms with Gasteiger partial charge in [-0.15, -0.1) is 0 Å². The Labute approximate surface area is 322 Å². The van der Waals surface area contributed by atoms with Crippen molar-refractivity contribution < 1.29 is 32.8 Å². The van der Waals surface area contributed by atoms with Crippen LogP contribution in [-0.4, -0.2) is 91.4 Å². The molecule has 12 heteroatoms. The quantitative estimate of drug-likeness (QED) is 0.133. The first kappa shape index (κ1) is 44.6. The van der Waals surface area contributed by atoms with Gasteiger partial charge in [0, 0.05) is 11.3 Å². The van der Waals surface area contributed by atoms with E-state index in [1.54, 1.807) is 7.11 Å². The van der Waals surface area contributed by atoms with Crippen molar-refractivity contribution in [3.8, 4) is 0 Å². The highest BCUT2D eigenvalue weighted by atomic mass is 28.4. The summed E-state index contributed by atoms with van der Waals surface area (Å²) in [5.41, 5.74) is -1.28. The highest BCUT2D eigenvalue weighted by molar-refractivity contribution is 6.71. The SMILES string of the molecule is CON=C1C=C2C(CCC3(C)C(C(C)(O)C(CCC(C)(C)O[Si](C)(C)C)O[Si](C)(C)C)CCC23O)C2(C)CC(O[Si](C)(C)C)C(O[Si](C)(C)C)CC12. The van der Waals surface area contributed by atoms with E-state index in [4.69, 9.17) is 27.7 Å². The summed E-state index contributed by atoms with van der Waals surface area (Å²) >= 11 is 0. The highest BCUT2D eigenvalue weighted by Gasteiger charge is 2.69. The molecule has 52 heavy (non-hydrogen) atoms. The first-order chi connectivity index (χ1) is 23.3. The fourth-order valence-electron chi connectivity index (χ4n) is 11.1. The fraction of sp³-hybridized carbons (Fsp3) is 0.925. The molecule has 0 spiro atoms. The molecule has 0 aromatic carbocycles. The Morgan fingerprint density at radius 3 is 1.92 bits per heavy atom. The van der Waals surface area contributed by atoms with E-state index in [9.17, 15) is 10.2 Å². The number of oxime groups is 1. The molecule has 0 radical (unpaired) electrons. The molecule has 0 saturated heterocycles. The highest BCUT2D eigenvalue weighted by Crippen LogP contribution is 2.69. The molecule has 302 valence electrons.